The number of nitrogens with zero attached hydrogens (tertiary/aromatic N) is 3. The first-order valence-corrected chi connectivity index (χ1v) is 7.67. The smallest absolute Gasteiger partial charge is 0.246 e. The Morgan fingerprint density at radius 1 is 1.38 bits per heavy atom. The predicted molar refractivity (Wildman–Crippen MR) is 78.3 cm³/mol. The van der Waals surface area contributed by atoms with Gasteiger partial charge in [-0.05, 0) is 37.8 Å². The molecule has 0 bridgehead atoms. The number of carbonyl (C=O) groups is 2. The normalized spacial score (nSPS) is 27.0. The summed E-state index contributed by atoms with van der Waals surface area (Å²) < 4.78 is 0. The van der Waals surface area contributed by atoms with Crippen LogP contribution >= 0.6 is 0 Å². The molecule has 3 atom stereocenters. The van der Waals surface area contributed by atoms with Crippen molar-refractivity contribution >= 4 is 11.8 Å². The van der Waals surface area contributed by atoms with Gasteiger partial charge in [0, 0.05) is 18.9 Å². The molecule has 0 N–H and O–H groups in total. The molecule has 112 valence electrons. The molecule has 1 aromatic rings. The second-order valence-corrected chi connectivity index (χ2v) is 5.82. The van der Waals surface area contributed by atoms with E-state index >= 15 is 0 Å². The predicted octanol–water partition coefficient (Wildman–Crippen LogP) is 1.75. The Hall–Kier alpha value is -1.91. The van der Waals surface area contributed by atoms with Crippen LogP contribution in [0.2, 0.25) is 0 Å². The average molecular weight is 287 g/mol. The molecule has 5 nitrogen and oxygen atoms in total. The molecule has 2 saturated heterocycles. The lowest BCUT2D eigenvalue weighted by atomic mass is 9.98. The van der Waals surface area contributed by atoms with Crippen molar-refractivity contribution in [1.29, 1.82) is 0 Å². The van der Waals surface area contributed by atoms with E-state index in [-0.39, 0.29) is 29.9 Å². The fraction of sp³-hybridized carbons (Fsp3) is 0.562. The number of rotatable bonds is 3. The van der Waals surface area contributed by atoms with Crippen LogP contribution in [-0.2, 0) is 9.59 Å². The van der Waals surface area contributed by atoms with Crippen molar-refractivity contribution in [3.63, 3.8) is 0 Å². The molecule has 1 aromatic heterocycles. The van der Waals surface area contributed by atoms with Crippen LogP contribution in [-0.4, -0.2) is 45.2 Å². The molecular formula is C16H21N3O2. The first-order chi connectivity index (χ1) is 10.1. The number of fused-ring (bicyclic) bond motifs is 1. The summed E-state index contributed by atoms with van der Waals surface area (Å²) in [6, 6.07) is 3.11. The van der Waals surface area contributed by atoms with Gasteiger partial charge in [0.25, 0.3) is 0 Å². The van der Waals surface area contributed by atoms with Gasteiger partial charge in [-0.3, -0.25) is 14.6 Å². The second-order valence-electron chi connectivity index (χ2n) is 5.82. The van der Waals surface area contributed by atoms with E-state index in [1.54, 1.807) is 22.2 Å². The summed E-state index contributed by atoms with van der Waals surface area (Å²) in [5, 5.41) is 0. The molecule has 5 heteroatoms. The van der Waals surface area contributed by atoms with Crippen molar-refractivity contribution in [3.8, 4) is 0 Å². The van der Waals surface area contributed by atoms with Crippen molar-refractivity contribution in [2.75, 3.05) is 6.54 Å². The maximum atomic E-state index is 12.8. The quantitative estimate of drug-likeness (QED) is 0.851. The zero-order valence-electron chi connectivity index (χ0n) is 12.5. The maximum absolute atomic E-state index is 12.8. The number of hydrogen-bond acceptors (Lipinski definition) is 3. The van der Waals surface area contributed by atoms with Gasteiger partial charge >= 0.3 is 0 Å². The van der Waals surface area contributed by atoms with Crippen LogP contribution in [0, 0.1) is 0 Å². The van der Waals surface area contributed by atoms with Crippen molar-refractivity contribution in [1.82, 2.24) is 14.8 Å². The Morgan fingerprint density at radius 3 is 2.86 bits per heavy atom. The summed E-state index contributed by atoms with van der Waals surface area (Å²) in [6.45, 7) is 4.67. The molecule has 3 rings (SSSR count). The fourth-order valence-electron chi connectivity index (χ4n) is 3.54. The standard InChI is InChI=1S/C16H21N3O2/c1-3-13-15(20)18-9-5-7-14(18)16(21)19(13)11(2)12-6-4-8-17-10-12/h4,6,8,10-11,13-14H,3,5,7,9H2,1-2H3. The van der Waals surface area contributed by atoms with E-state index in [0.717, 1.165) is 24.9 Å². The van der Waals surface area contributed by atoms with Crippen molar-refractivity contribution < 1.29 is 9.59 Å². The van der Waals surface area contributed by atoms with Gasteiger partial charge in [-0.1, -0.05) is 13.0 Å². The summed E-state index contributed by atoms with van der Waals surface area (Å²) in [7, 11) is 0. The summed E-state index contributed by atoms with van der Waals surface area (Å²) in [5.74, 6) is 0.200. The van der Waals surface area contributed by atoms with Crippen LogP contribution in [0.1, 0.15) is 44.7 Å². The van der Waals surface area contributed by atoms with Gasteiger partial charge in [0.05, 0.1) is 6.04 Å². The molecule has 0 radical (unpaired) electrons. The summed E-state index contributed by atoms with van der Waals surface area (Å²) in [6.07, 6.45) is 5.86. The Kier molecular flexibility index (Phi) is 3.66. The van der Waals surface area contributed by atoms with Crippen LogP contribution in [0.15, 0.2) is 24.5 Å². The molecular weight excluding hydrogens is 266 g/mol. The van der Waals surface area contributed by atoms with Crippen molar-refractivity contribution in [3.05, 3.63) is 30.1 Å². The van der Waals surface area contributed by atoms with Gasteiger partial charge in [0.2, 0.25) is 11.8 Å². The Bertz CT molecular complexity index is 546. The zero-order valence-corrected chi connectivity index (χ0v) is 12.5. The minimum absolute atomic E-state index is 0.0929. The van der Waals surface area contributed by atoms with E-state index in [4.69, 9.17) is 0 Å². The Labute approximate surface area is 124 Å². The number of carbonyl (C=O) groups excluding carboxylic acids is 2. The summed E-state index contributed by atoms with van der Waals surface area (Å²) in [4.78, 5) is 33.2. The van der Waals surface area contributed by atoms with Crippen LogP contribution < -0.4 is 0 Å². The third-order valence-corrected chi connectivity index (χ3v) is 4.67. The third kappa shape index (κ3) is 2.20. The van der Waals surface area contributed by atoms with Crippen LogP contribution in [0.3, 0.4) is 0 Å². The highest BCUT2D eigenvalue weighted by Crippen LogP contribution is 2.33. The van der Waals surface area contributed by atoms with Crippen LogP contribution in [0.5, 0.6) is 0 Å². The molecule has 2 aliphatic rings. The lowest BCUT2D eigenvalue weighted by molar-refractivity contribution is -0.162. The zero-order chi connectivity index (χ0) is 15.0. The molecule has 21 heavy (non-hydrogen) atoms. The Balaban J connectivity index is 1.95. The van der Waals surface area contributed by atoms with Crippen LogP contribution in [0.25, 0.3) is 0 Å². The molecule has 3 heterocycles. The topological polar surface area (TPSA) is 53.5 Å². The average Bonchev–Trinajstić information content (AvgIpc) is 3.01. The minimum atomic E-state index is -0.345. The lowest BCUT2D eigenvalue weighted by Gasteiger charge is -2.45. The van der Waals surface area contributed by atoms with Gasteiger partial charge in [-0.2, -0.15) is 0 Å². The number of piperazine rings is 1. The van der Waals surface area contributed by atoms with E-state index in [2.05, 4.69) is 4.98 Å². The van der Waals surface area contributed by atoms with E-state index in [9.17, 15) is 9.59 Å². The fourth-order valence-corrected chi connectivity index (χ4v) is 3.54. The first-order valence-electron chi connectivity index (χ1n) is 7.67. The number of hydrogen-bond donors (Lipinski definition) is 0. The first kappa shape index (κ1) is 14.0. The molecule has 0 aliphatic carbocycles. The SMILES string of the molecule is CCC1C(=O)N2CCCC2C(=O)N1C(C)c1cccnc1. The largest absolute Gasteiger partial charge is 0.329 e. The molecule has 2 fully saturated rings. The molecule has 0 spiro atoms. The summed E-state index contributed by atoms with van der Waals surface area (Å²) >= 11 is 0. The molecule has 0 aromatic carbocycles. The van der Waals surface area contributed by atoms with Crippen molar-refractivity contribution in [2.24, 2.45) is 0 Å². The van der Waals surface area contributed by atoms with E-state index in [1.807, 2.05) is 26.0 Å². The monoisotopic (exact) mass is 287 g/mol. The van der Waals surface area contributed by atoms with Gasteiger partial charge in [-0.25, -0.2) is 0 Å². The number of aromatic nitrogens is 1. The second kappa shape index (κ2) is 5.47. The third-order valence-electron chi connectivity index (χ3n) is 4.67. The molecule has 3 unspecified atom stereocenters. The molecule has 2 aliphatic heterocycles. The molecule has 0 saturated carbocycles. The van der Waals surface area contributed by atoms with Gasteiger partial charge in [0.1, 0.15) is 12.1 Å². The molecule has 2 amide bonds. The van der Waals surface area contributed by atoms with Gasteiger partial charge in [0.15, 0.2) is 0 Å². The minimum Gasteiger partial charge on any atom is -0.329 e. The van der Waals surface area contributed by atoms with E-state index < -0.39 is 0 Å². The highest BCUT2D eigenvalue weighted by molar-refractivity contribution is 5.97. The highest BCUT2D eigenvalue weighted by Gasteiger charge is 2.48. The van der Waals surface area contributed by atoms with E-state index in [0.29, 0.717) is 6.42 Å². The number of amides is 2. The highest BCUT2D eigenvalue weighted by atomic mass is 16.2. The summed E-state index contributed by atoms with van der Waals surface area (Å²) in [5.41, 5.74) is 0.976. The van der Waals surface area contributed by atoms with Crippen molar-refractivity contribution in [2.45, 2.75) is 51.2 Å². The van der Waals surface area contributed by atoms with Gasteiger partial charge in [-0.15, -0.1) is 0 Å². The number of pyridine rings is 1. The Morgan fingerprint density at radius 2 is 2.19 bits per heavy atom. The lowest BCUT2D eigenvalue weighted by Crippen LogP contribution is -2.62. The maximum Gasteiger partial charge on any atom is 0.246 e. The van der Waals surface area contributed by atoms with Crippen LogP contribution in [0.4, 0.5) is 0 Å². The van der Waals surface area contributed by atoms with E-state index in [1.165, 1.54) is 0 Å². The van der Waals surface area contributed by atoms with Gasteiger partial charge < -0.3 is 9.80 Å².